The van der Waals surface area contributed by atoms with Crippen LogP contribution in [-0.2, 0) is 22.4 Å². The van der Waals surface area contributed by atoms with Gasteiger partial charge in [-0.1, -0.05) is 30.3 Å². The van der Waals surface area contributed by atoms with Crippen LogP contribution >= 0.6 is 0 Å². The van der Waals surface area contributed by atoms with E-state index in [0.29, 0.717) is 11.5 Å². The summed E-state index contributed by atoms with van der Waals surface area (Å²) in [5.74, 6) is 0.197. The highest BCUT2D eigenvalue weighted by Crippen LogP contribution is 2.28. The van der Waals surface area contributed by atoms with E-state index in [1.165, 1.54) is 23.6 Å². The SMILES string of the molecule is COC(=O)c1ccc(Cc2cn(CC3CCN(C(=O)OC(C)(C)C)CC3)c3ccccc23)cc1. The Bertz CT molecular complexity index is 1150. The number of fused-ring (bicyclic) bond motifs is 1. The van der Waals surface area contributed by atoms with Crippen LogP contribution < -0.4 is 0 Å². The topological polar surface area (TPSA) is 60.8 Å². The van der Waals surface area contributed by atoms with Crippen molar-refractivity contribution in [2.24, 2.45) is 5.92 Å². The molecule has 2 heterocycles. The molecule has 6 heteroatoms. The number of rotatable bonds is 5. The number of hydrogen-bond acceptors (Lipinski definition) is 4. The second kappa shape index (κ2) is 9.92. The zero-order valence-corrected chi connectivity index (χ0v) is 20.5. The number of ether oxygens (including phenoxy) is 2. The lowest BCUT2D eigenvalue weighted by Gasteiger charge is -2.33. The van der Waals surface area contributed by atoms with Crippen molar-refractivity contribution in [3.8, 4) is 0 Å². The van der Waals surface area contributed by atoms with E-state index in [-0.39, 0.29) is 12.1 Å². The Hall–Kier alpha value is -3.28. The van der Waals surface area contributed by atoms with E-state index in [1.807, 2.05) is 49.9 Å². The Morgan fingerprint density at radius 2 is 1.68 bits per heavy atom. The second-order valence-electron chi connectivity index (χ2n) is 10.1. The minimum absolute atomic E-state index is 0.210. The van der Waals surface area contributed by atoms with Crippen LogP contribution in [0.4, 0.5) is 4.79 Å². The fourth-order valence-corrected chi connectivity index (χ4v) is 4.61. The first-order chi connectivity index (χ1) is 16.2. The van der Waals surface area contributed by atoms with Gasteiger partial charge < -0.3 is 18.9 Å². The second-order valence-corrected chi connectivity index (χ2v) is 10.1. The van der Waals surface area contributed by atoms with Crippen molar-refractivity contribution in [1.82, 2.24) is 9.47 Å². The normalized spacial score (nSPS) is 14.9. The average molecular weight is 463 g/mol. The van der Waals surface area contributed by atoms with Gasteiger partial charge >= 0.3 is 12.1 Å². The van der Waals surface area contributed by atoms with Gasteiger partial charge in [0.1, 0.15) is 5.60 Å². The fourth-order valence-electron chi connectivity index (χ4n) is 4.61. The molecular weight excluding hydrogens is 428 g/mol. The summed E-state index contributed by atoms with van der Waals surface area (Å²) in [6.07, 6.45) is 4.79. The highest BCUT2D eigenvalue weighted by Gasteiger charge is 2.27. The molecule has 6 nitrogen and oxygen atoms in total. The molecule has 3 aromatic rings. The number of likely N-dealkylation sites (tertiary alicyclic amines) is 1. The predicted octanol–water partition coefficient (Wildman–Crippen LogP) is 5.67. The van der Waals surface area contributed by atoms with E-state index >= 15 is 0 Å². The van der Waals surface area contributed by atoms with Crippen LogP contribution in [0.2, 0.25) is 0 Å². The molecule has 1 aliphatic rings. The zero-order valence-electron chi connectivity index (χ0n) is 20.5. The summed E-state index contributed by atoms with van der Waals surface area (Å²) < 4.78 is 12.7. The molecule has 1 aromatic heterocycles. The number of carbonyl (C=O) groups excluding carboxylic acids is 2. The molecular formula is C28H34N2O4. The molecule has 0 atom stereocenters. The van der Waals surface area contributed by atoms with Crippen LogP contribution in [0.15, 0.2) is 54.7 Å². The number of methoxy groups -OCH3 is 1. The maximum absolute atomic E-state index is 12.4. The number of hydrogen-bond donors (Lipinski definition) is 0. The third kappa shape index (κ3) is 5.61. The predicted molar refractivity (Wildman–Crippen MR) is 133 cm³/mol. The number of nitrogens with zero attached hydrogens (tertiary/aromatic N) is 2. The summed E-state index contributed by atoms with van der Waals surface area (Å²) in [6, 6.07) is 16.1. The van der Waals surface area contributed by atoms with Gasteiger partial charge in [-0.2, -0.15) is 0 Å². The van der Waals surface area contributed by atoms with Crippen LogP contribution in [-0.4, -0.2) is 47.3 Å². The fraction of sp³-hybridized carbons (Fsp3) is 0.429. The Kier molecular flexibility index (Phi) is 6.96. The van der Waals surface area contributed by atoms with E-state index in [2.05, 4.69) is 35.0 Å². The van der Waals surface area contributed by atoms with Crippen molar-refractivity contribution in [1.29, 1.82) is 0 Å². The van der Waals surface area contributed by atoms with Crippen molar-refractivity contribution in [2.75, 3.05) is 20.2 Å². The van der Waals surface area contributed by atoms with Crippen molar-refractivity contribution >= 4 is 23.0 Å². The van der Waals surface area contributed by atoms with Crippen molar-refractivity contribution in [3.63, 3.8) is 0 Å². The van der Waals surface area contributed by atoms with E-state index in [4.69, 9.17) is 9.47 Å². The van der Waals surface area contributed by atoms with Crippen LogP contribution in [0.1, 0.15) is 55.1 Å². The smallest absolute Gasteiger partial charge is 0.410 e. The van der Waals surface area contributed by atoms with Crippen LogP contribution in [0.5, 0.6) is 0 Å². The number of carbonyl (C=O) groups is 2. The molecule has 1 aliphatic heterocycles. The summed E-state index contributed by atoms with van der Waals surface area (Å²) in [6.45, 7) is 8.11. The molecule has 1 fully saturated rings. The lowest BCUT2D eigenvalue weighted by molar-refractivity contribution is 0.0178. The average Bonchev–Trinajstić information content (AvgIpc) is 3.15. The zero-order chi connectivity index (χ0) is 24.3. The molecule has 0 saturated carbocycles. The Morgan fingerprint density at radius 1 is 1.00 bits per heavy atom. The van der Waals surface area contributed by atoms with E-state index in [1.54, 1.807) is 0 Å². The molecule has 4 rings (SSSR count). The van der Waals surface area contributed by atoms with Crippen LogP contribution in [0.25, 0.3) is 10.9 Å². The molecule has 0 N–H and O–H groups in total. The quantitative estimate of drug-likeness (QED) is 0.459. The molecule has 0 bridgehead atoms. The molecule has 34 heavy (non-hydrogen) atoms. The van der Waals surface area contributed by atoms with Gasteiger partial charge in [-0.25, -0.2) is 9.59 Å². The minimum Gasteiger partial charge on any atom is -0.465 e. The minimum atomic E-state index is -0.464. The number of benzene rings is 2. The molecule has 0 radical (unpaired) electrons. The van der Waals surface area contributed by atoms with Gasteiger partial charge in [-0.3, -0.25) is 0 Å². The molecule has 180 valence electrons. The molecule has 1 saturated heterocycles. The van der Waals surface area contributed by atoms with Gasteiger partial charge in [0, 0.05) is 36.7 Å². The molecule has 0 unspecified atom stereocenters. The van der Waals surface area contributed by atoms with Crippen molar-refractivity contribution in [2.45, 2.75) is 52.2 Å². The third-order valence-corrected chi connectivity index (χ3v) is 6.36. The highest BCUT2D eigenvalue weighted by molar-refractivity contribution is 5.89. The lowest BCUT2D eigenvalue weighted by atomic mass is 9.97. The molecule has 1 amide bonds. The number of piperidine rings is 1. The monoisotopic (exact) mass is 462 g/mol. The maximum atomic E-state index is 12.4. The highest BCUT2D eigenvalue weighted by atomic mass is 16.6. The van der Waals surface area contributed by atoms with Gasteiger partial charge in [-0.15, -0.1) is 0 Å². The summed E-state index contributed by atoms with van der Waals surface area (Å²) in [4.78, 5) is 25.9. The number of para-hydroxylation sites is 1. The Labute approximate surface area is 201 Å². The third-order valence-electron chi connectivity index (χ3n) is 6.36. The first-order valence-electron chi connectivity index (χ1n) is 12.0. The standard InChI is InChI=1S/C28H34N2O4/c1-28(2,3)34-27(32)29-15-13-21(14-16-29)18-30-19-23(24-7-5-6-8-25(24)30)17-20-9-11-22(12-10-20)26(31)33-4/h5-12,19,21H,13-18H2,1-4H3. The number of amides is 1. The molecule has 2 aromatic carbocycles. The molecule has 0 aliphatic carbocycles. The Morgan fingerprint density at radius 3 is 2.32 bits per heavy atom. The van der Waals surface area contributed by atoms with Gasteiger partial charge in [0.2, 0.25) is 0 Å². The van der Waals surface area contributed by atoms with Crippen molar-refractivity contribution < 1.29 is 19.1 Å². The van der Waals surface area contributed by atoms with Crippen LogP contribution in [0, 0.1) is 5.92 Å². The van der Waals surface area contributed by atoms with E-state index in [9.17, 15) is 9.59 Å². The number of esters is 1. The largest absolute Gasteiger partial charge is 0.465 e. The summed E-state index contributed by atoms with van der Waals surface area (Å²) in [5.41, 5.74) is 3.76. The summed E-state index contributed by atoms with van der Waals surface area (Å²) in [5, 5.41) is 1.26. The van der Waals surface area contributed by atoms with Gasteiger partial charge in [0.15, 0.2) is 0 Å². The number of aromatic nitrogens is 1. The van der Waals surface area contributed by atoms with E-state index in [0.717, 1.165) is 44.5 Å². The van der Waals surface area contributed by atoms with Crippen molar-refractivity contribution in [3.05, 3.63) is 71.4 Å². The van der Waals surface area contributed by atoms with Crippen LogP contribution in [0.3, 0.4) is 0 Å². The first kappa shape index (κ1) is 23.9. The summed E-state index contributed by atoms with van der Waals surface area (Å²) in [7, 11) is 1.40. The first-order valence-corrected chi connectivity index (χ1v) is 12.0. The van der Waals surface area contributed by atoms with E-state index < -0.39 is 5.60 Å². The van der Waals surface area contributed by atoms with Gasteiger partial charge in [0.25, 0.3) is 0 Å². The van der Waals surface area contributed by atoms with Gasteiger partial charge in [0.05, 0.1) is 12.7 Å². The lowest BCUT2D eigenvalue weighted by Crippen LogP contribution is -2.42. The maximum Gasteiger partial charge on any atom is 0.410 e. The molecule has 0 spiro atoms. The van der Waals surface area contributed by atoms with Gasteiger partial charge in [-0.05, 0) is 75.3 Å². The Balaban J connectivity index is 1.44. The summed E-state index contributed by atoms with van der Waals surface area (Å²) >= 11 is 0.